The number of phosphoric ester groups is 1. The lowest BCUT2D eigenvalue weighted by atomic mass is 10.2. The van der Waals surface area contributed by atoms with Gasteiger partial charge in [0.15, 0.2) is 0 Å². The van der Waals surface area contributed by atoms with Gasteiger partial charge < -0.3 is 28.7 Å². The molecule has 1 atom stereocenters. The third-order valence-electron chi connectivity index (χ3n) is 4.13. The Morgan fingerprint density at radius 3 is 1.90 bits per heavy atom. The quantitative estimate of drug-likeness (QED) is 0.136. The summed E-state index contributed by atoms with van der Waals surface area (Å²) in [5.41, 5.74) is 0. The Kier molecular flexibility index (Phi) is 19.4. The van der Waals surface area contributed by atoms with E-state index in [1.165, 1.54) is 25.7 Å². The Labute approximate surface area is 186 Å². The number of carbonyl (C=O) groups is 1. The number of aliphatic hydroxyl groups excluding tert-OH is 1. The van der Waals surface area contributed by atoms with Crippen LogP contribution in [-0.4, -0.2) is 30.4 Å². The van der Waals surface area contributed by atoms with Crippen molar-refractivity contribution in [3.63, 3.8) is 0 Å². The van der Waals surface area contributed by atoms with Gasteiger partial charge in [-0.25, -0.2) is 0 Å². The summed E-state index contributed by atoms with van der Waals surface area (Å²) in [4.78, 5) is 32.4. The molecule has 7 nitrogen and oxygen atoms in total. The van der Waals surface area contributed by atoms with Crippen molar-refractivity contribution in [2.45, 2.75) is 77.2 Å². The molecule has 0 spiro atoms. The van der Waals surface area contributed by atoms with Crippen LogP contribution in [0.25, 0.3) is 0 Å². The number of aliphatic hydroxyl groups is 1. The largest absolute Gasteiger partial charge is 0.790 e. The van der Waals surface area contributed by atoms with Crippen LogP contribution in [0.5, 0.6) is 0 Å². The van der Waals surface area contributed by atoms with Crippen molar-refractivity contribution in [1.82, 2.24) is 0 Å². The van der Waals surface area contributed by atoms with Crippen molar-refractivity contribution in [3.05, 3.63) is 48.6 Å². The van der Waals surface area contributed by atoms with E-state index < -0.39 is 33.1 Å². The Bertz CT molecular complexity index is 605. The van der Waals surface area contributed by atoms with Gasteiger partial charge >= 0.3 is 5.97 Å². The first-order valence-corrected chi connectivity index (χ1v) is 12.4. The predicted octanol–water partition coefficient (Wildman–Crippen LogP) is 3.88. The van der Waals surface area contributed by atoms with Crippen molar-refractivity contribution < 1.29 is 33.5 Å². The summed E-state index contributed by atoms with van der Waals surface area (Å²) in [5.74, 6) is -0.579. The normalized spacial score (nSPS) is 13.8. The zero-order valence-electron chi connectivity index (χ0n) is 18.5. The second-order valence-corrected chi connectivity index (χ2v) is 8.17. The first-order valence-electron chi connectivity index (χ1n) is 11.0. The van der Waals surface area contributed by atoms with Crippen molar-refractivity contribution >= 4 is 13.8 Å². The van der Waals surface area contributed by atoms with E-state index in [9.17, 15) is 19.1 Å². The van der Waals surface area contributed by atoms with Crippen LogP contribution >= 0.6 is 7.82 Å². The lowest BCUT2D eigenvalue weighted by Crippen LogP contribution is -2.29. The van der Waals surface area contributed by atoms with E-state index in [2.05, 4.69) is 47.9 Å². The number of hydrogen-bond donors (Lipinski definition) is 1. The molecule has 0 saturated carbocycles. The molecule has 0 heterocycles. The topological polar surface area (TPSA) is 119 Å². The fourth-order valence-corrected chi connectivity index (χ4v) is 2.82. The summed E-state index contributed by atoms with van der Waals surface area (Å²) >= 11 is 0. The van der Waals surface area contributed by atoms with Gasteiger partial charge in [0.2, 0.25) is 0 Å². The minimum absolute atomic E-state index is 0.126. The van der Waals surface area contributed by atoms with Crippen molar-refractivity contribution in [3.8, 4) is 0 Å². The maximum absolute atomic E-state index is 11.6. The number of allylic oxidation sites excluding steroid dienone is 8. The summed E-state index contributed by atoms with van der Waals surface area (Å²) in [6, 6.07) is 0. The van der Waals surface area contributed by atoms with Gasteiger partial charge in [0, 0.05) is 6.42 Å². The summed E-state index contributed by atoms with van der Waals surface area (Å²) in [5, 5.41) is 9.02. The minimum atomic E-state index is -5.16. The van der Waals surface area contributed by atoms with Crippen LogP contribution in [-0.2, 0) is 18.6 Å². The number of ether oxygens (including phenoxy) is 1. The molecule has 31 heavy (non-hydrogen) atoms. The molecule has 0 aliphatic heterocycles. The molecule has 1 N–H and O–H groups in total. The number of phosphoric acid groups is 1. The Morgan fingerprint density at radius 2 is 1.42 bits per heavy atom. The van der Waals surface area contributed by atoms with Crippen LogP contribution in [0.15, 0.2) is 48.6 Å². The fourth-order valence-electron chi connectivity index (χ4n) is 2.47. The van der Waals surface area contributed by atoms with Crippen LogP contribution in [0.3, 0.4) is 0 Å². The molecule has 0 aromatic carbocycles. The zero-order chi connectivity index (χ0) is 23.2. The van der Waals surface area contributed by atoms with Crippen LogP contribution < -0.4 is 9.79 Å². The first-order chi connectivity index (χ1) is 14.9. The maximum Gasteiger partial charge on any atom is 0.306 e. The van der Waals surface area contributed by atoms with Crippen LogP contribution in [0.2, 0.25) is 0 Å². The SMILES string of the molecule is CCCCC/C=C\C/C=C\C/C=C\C/C=C\CCCC(=O)O[C@H](CO)COP(=O)([O-])[O-]. The molecule has 0 fully saturated rings. The third-order valence-corrected chi connectivity index (χ3v) is 4.59. The Balaban J connectivity index is 3.72. The lowest BCUT2D eigenvalue weighted by Gasteiger charge is -2.30. The highest BCUT2D eigenvalue weighted by Gasteiger charge is 2.14. The standard InChI is InChI=1S/C23H39O7P/c1-2-3-4-5-6-7-8-9-10-11-12-13-14-15-16-17-18-19-23(25)30-22(20-24)21-29-31(26,27)28/h6-7,9-10,12-13,15-16,22,24H,2-5,8,11,14,17-21H2,1H3,(H2,26,27,28)/p-2/b7-6-,10-9-,13-12-,16-15-/t22-/m1/s1. The van der Waals surface area contributed by atoms with E-state index >= 15 is 0 Å². The molecule has 0 rings (SSSR count). The predicted molar refractivity (Wildman–Crippen MR) is 119 cm³/mol. The average molecular weight is 457 g/mol. The molecule has 0 saturated heterocycles. The second kappa shape index (κ2) is 20.4. The van der Waals surface area contributed by atoms with E-state index in [0.717, 1.165) is 19.3 Å². The number of carbonyl (C=O) groups excluding carboxylic acids is 1. The summed E-state index contributed by atoms with van der Waals surface area (Å²) in [6.45, 7) is 0.911. The lowest BCUT2D eigenvalue weighted by molar-refractivity contribution is -0.343. The Hall–Kier alpha value is -1.50. The third kappa shape index (κ3) is 23.0. The van der Waals surface area contributed by atoms with Gasteiger partial charge in [-0.2, -0.15) is 0 Å². The van der Waals surface area contributed by atoms with Gasteiger partial charge in [0.05, 0.1) is 21.0 Å². The van der Waals surface area contributed by atoms with Crippen LogP contribution in [0.1, 0.15) is 71.1 Å². The molecular formula is C23H37O7P-2. The van der Waals surface area contributed by atoms with Gasteiger partial charge in [-0.3, -0.25) is 4.79 Å². The number of esters is 1. The molecule has 0 aromatic heterocycles. The molecule has 0 aromatic rings. The molecule has 178 valence electrons. The van der Waals surface area contributed by atoms with E-state index in [-0.39, 0.29) is 6.42 Å². The van der Waals surface area contributed by atoms with E-state index in [1.807, 2.05) is 12.2 Å². The number of unbranched alkanes of at least 4 members (excludes halogenated alkanes) is 4. The van der Waals surface area contributed by atoms with Gasteiger partial charge in [-0.05, 0) is 44.9 Å². The van der Waals surface area contributed by atoms with Gasteiger partial charge in [0.1, 0.15) is 6.10 Å². The molecule has 0 unspecified atom stereocenters. The molecule has 0 radical (unpaired) electrons. The van der Waals surface area contributed by atoms with Crippen molar-refractivity contribution in [2.24, 2.45) is 0 Å². The van der Waals surface area contributed by atoms with Gasteiger partial charge in [0.25, 0.3) is 0 Å². The molecule has 8 heteroatoms. The molecular weight excluding hydrogens is 419 g/mol. The summed E-state index contributed by atoms with van der Waals surface area (Å²) < 4.78 is 19.3. The molecule has 0 amide bonds. The molecule has 0 aliphatic rings. The summed E-state index contributed by atoms with van der Waals surface area (Å²) in [6.07, 6.45) is 24.9. The first kappa shape index (κ1) is 29.5. The fraction of sp³-hybridized carbons (Fsp3) is 0.609. The number of rotatable bonds is 19. The monoisotopic (exact) mass is 456 g/mol. The molecule has 0 aliphatic carbocycles. The van der Waals surface area contributed by atoms with Crippen molar-refractivity contribution in [2.75, 3.05) is 13.2 Å². The highest BCUT2D eigenvalue weighted by atomic mass is 31.2. The van der Waals surface area contributed by atoms with Gasteiger partial charge in [-0.15, -0.1) is 0 Å². The maximum atomic E-state index is 11.6. The van der Waals surface area contributed by atoms with Crippen molar-refractivity contribution in [1.29, 1.82) is 0 Å². The smallest absolute Gasteiger partial charge is 0.306 e. The van der Waals surface area contributed by atoms with Gasteiger partial charge in [-0.1, -0.05) is 68.4 Å². The van der Waals surface area contributed by atoms with Crippen LogP contribution in [0.4, 0.5) is 0 Å². The minimum Gasteiger partial charge on any atom is -0.790 e. The summed E-state index contributed by atoms with van der Waals surface area (Å²) in [7, 11) is -5.16. The highest BCUT2D eigenvalue weighted by molar-refractivity contribution is 7.43. The van der Waals surface area contributed by atoms with E-state index in [1.54, 1.807) is 0 Å². The van der Waals surface area contributed by atoms with E-state index in [4.69, 9.17) is 9.84 Å². The zero-order valence-corrected chi connectivity index (χ0v) is 19.4. The average Bonchev–Trinajstić information content (AvgIpc) is 2.72. The van der Waals surface area contributed by atoms with Crippen LogP contribution in [0, 0.1) is 0 Å². The highest BCUT2D eigenvalue weighted by Crippen LogP contribution is 2.24. The molecule has 0 bridgehead atoms. The van der Waals surface area contributed by atoms with E-state index in [0.29, 0.717) is 12.8 Å². The number of hydrogen-bond acceptors (Lipinski definition) is 7. The second-order valence-electron chi connectivity index (χ2n) is 7.02. The Morgan fingerprint density at radius 1 is 0.903 bits per heavy atom.